The Bertz CT molecular complexity index is 652. The number of hydrogen-bond acceptors (Lipinski definition) is 5. The first-order valence-electron chi connectivity index (χ1n) is 8.22. The van der Waals surface area contributed by atoms with Crippen LogP contribution in [-0.4, -0.2) is 41.2 Å². The fourth-order valence-electron chi connectivity index (χ4n) is 2.38. The van der Waals surface area contributed by atoms with Crippen molar-refractivity contribution in [3.8, 4) is 5.75 Å². The first-order chi connectivity index (χ1) is 11.7. The average molecular weight is 328 g/mol. The van der Waals surface area contributed by atoms with Gasteiger partial charge in [0.25, 0.3) is 5.91 Å². The predicted octanol–water partition coefficient (Wildman–Crippen LogP) is 3.49. The smallest absolute Gasteiger partial charge is 0.274 e. The Morgan fingerprint density at radius 2 is 1.88 bits per heavy atom. The maximum absolute atomic E-state index is 12.5. The number of ether oxygens (including phenoxy) is 1. The summed E-state index contributed by atoms with van der Waals surface area (Å²) in [5, 5.41) is 11.3. The molecule has 0 spiro atoms. The first-order valence-corrected chi connectivity index (χ1v) is 8.22. The molecule has 0 aliphatic heterocycles. The number of aromatic nitrogens is 2. The molecule has 0 bridgehead atoms. The molecule has 0 atom stereocenters. The second-order valence-electron chi connectivity index (χ2n) is 5.45. The maximum atomic E-state index is 12.5. The zero-order valence-corrected chi connectivity index (χ0v) is 14.5. The van der Waals surface area contributed by atoms with E-state index < -0.39 is 0 Å². The van der Waals surface area contributed by atoms with E-state index in [2.05, 4.69) is 29.4 Å². The summed E-state index contributed by atoms with van der Waals surface area (Å²) < 4.78 is 5.19. The highest BCUT2D eigenvalue weighted by Crippen LogP contribution is 2.20. The summed E-state index contributed by atoms with van der Waals surface area (Å²) in [4.78, 5) is 14.3. The van der Waals surface area contributed by atoms with Gasteiger partial charge in [-0.1, -0.05) is 19.9 Å². The molecule has 0 fully saturated rings. The summed E-state index contributed by atoms with van der Waals surface area (Å²) >= 11 is 0. The molecule has 0 saturated heterocycles. The second kappa shape index (κ2) is 8.86. The van der Waals surface area contributed by atoms with Gasteiger partial charge in [-0.3, -0.25) is 4.79 Å². The topological polar surface area (TPSA) is 67.4 Å². The number of anilines is 2. The molecule has 0 radical (unpaired) electrons. The molecule has 1 aromatic carbocycles. The molecule has 0 saturated carbocycles. The van der Waals surface area contributed by atoms with Gasteiger partial charge in [-0.2, -0.15) is 0 Å². The first kappa shape index (κ1) is 17.7. The molecule has 1 heterocycles. The summed E-state index contributed by atoms with van der Waals surface area (Å²) in [5.41, 5.74) is 1.22. The summed E-state index contributed by atoms with van der Waals surface area (Å²) in [5.74, 6) is 1.27. The molecule has 0 unspecified atom stereocenters. The third-order valence-electron chi connectivity index (χ3n) is 3.50. The summed E-state index contributed by atoms with van der Waals surface area (Å²) in [6, 6.07) is 11.0. The van der Waals surface area contributed by atoms with Crippen molar-refractivity contribution in [3.63, 3.8) is 0 Å². The summed E-state index contributed by atoms with van der Waals surface area (Å²) in [6.07, 6.45) is 1.85. The Morgan fingerprint density at radius 1 is 1.12 bits per heavy atom. The number of nitrogens with one attached hydrogen (secondary N) is 1. The number of methoxy groups -OCH3 is 1. The average Bonchev–Trinajstić information content (AvgIpc) is 2.62. The minimum absolute atomic E-state index is 0.0702. The number of hydrogen-bond donors (Lipinski definition) is 1. The molecular weight excluding hydrogens is 304 g/mol. The van der Waals surface area contributed by atoms with Gasteiger partial charge in [0.15, 0.2) is 11.5 Å². The van der Waals surface area contributed by atoms with Crippen molar-refractivity contribution in [1.29, 1.82) is 0 Å². The maximum Gasteiger partial charge on any atom is 0.274 e. The lowest BCUT2D eigenvalue weighted by Crippen LogP contribution is -2.33. The third kappa shape index (κ3) is 4.68. The van der Waals surface area contributed by atoms with Gasteiger partial charge in [0.1, 0.15) is 5.75 Å². The molecule has 2 aromatic rings. The normalized spacial score (nSPS) is 10.3. The van der Waals surface area contributed by atoms with E-state index in [1.165, 1.54) is 0 Å². The fraction of sp³-hybridized carbons (Fsp3) is 0.389. The minimum Gasteiger partial charge on any atom is -0.497 e. The van der Waals surface area contributed by atoms with Crippen molar-refractivity contribution in [2.75, 3.05) is 25.5 Å². The highest BCUT2D eigenvalue weighted by molar-refractivity contribution is 5.92. The molecule has 24 heavy (non-hydrogen) atoms. The van der Waals surface area contributed by atoms with Crippen LogP contribution in [0.4, 0.5) is 11.5 Å². The van der Waals surface area contributed by atoms with Crippen molar-refractivity contribution in [2.24, 2.45) is 0 Å². The molecular formula is C18H24N4O2. The Labute approximate surface area is 142 Å². The van der Waals surface area contributed by atoms with E-state index in [0.717, 1.165) is 37.4 Å². The van der Waals surface area contributed by atoms with Crippen LogP contribution < -0.4 is 10.1 Å². The number of carbonyl (C=O) groups excluding carboxylic acids is 1. The van der Waals surface area contributed by atoms with Crippen LogP contribution in [0.15, 0.2) is 36.4 Å². The highest BCUT2D eigenvalue weighted by atomic mass is 16.5. The van der Waals surface area contributed by atoms with E-state index >= 15 is 0 Å². The quantitative estimate of drug-likeness (QED) is 0.803. The van der Waals surface area contributed by atoms with Crippen LogP contribution in [0.25, 0.3) is 0 Å². The van der Waals surface area contributed by atoms with Crippen molar-refractivity contribution < 1.29 is 9.53 Å². The molecule has 1 amide bonds. The highest BCUT2D eigenvalue weighted by Gasteiger charge is 2.16. The van der Waals surface area contributed by atoms with Gasteiger partial charge in [0, 0.05) is 24.8 Å². The molecule has 0 aliphatic rings. The van der Waals surface area contributed by atoms with E-state index in [9.17, 15) is 4.79 Å². The Balaban J connectivity index is 2.07. The lowest BCUT2D eigenvalue weighted by molar-refractivity contribution is 0.0748. The van der Waals surface area contributed by atoms with Crippen molar-refractivity contribution in [2.45, 2.75) is 26.7 Å². The lowest BCUT2D eigenvalue weighted by Gasteiger charge is -2.20. The van der Waals surface area contributed by atoms with Gasteiger partial charge in [0.2, 0.25) is 0 Å². The molecule has 1 N–H and O–H groups in total. The van der Waals surface area contributed by atoms with Crippen LogP contribution in [-0.2, 0) is 0 Å². The number of benzene rings is 1. The molecule has 6 nitrogen and oxygen atoms in total. The summed E-state index contributed by atoms with van der Waals surface area (Å²) in [6.45, 7) is 5.59. The van der Waals surface area contributed by atoms with Crippen LogP contribution in [0, 0.1) is 0 Å². The molecule has 2 rings (SSSR count). The van der Waals surface area contributed by atoms with Gasteiger partial charge in [-0.05, 0) is 37.1 Å². The predicted molar refractivity (Wildman–Crippen MR) is 94.8 cm³/mol. The van der Waals surface area contributed by atoms with E-state index in [-0.39, 0.29) is 5.91 Å². The summed E-state index contributed by atoms with van der Waals surface area (Å²) in [7, 11) is 1.62. The van der Waals surface area contributed by atoms with Crippen LogP contribution in [0.5, 0.6) is 5.75 Å². The number of amides is 1. The van der Waals surface area contributed by atoms with Crippen molar-refractivity contribution in [1.82, 2.24) is 15.1 Å². The largest absolute Gasteiger partial charge is 0.497 e. The van der Waals surface area contributed by atoms with Gasteiger partial charge < -0.3 is 15.0 Å². The zero-order valence-electron chi connectivity index (χ0n) is 14.5. The van der Waals surface area contributed by atoms with E-state index in [1.807, 2.05) is 29.2 Å². The van der Waals surface area contributed by atoms with Gasteiger partial charge in [-0.15, -0.1) is 10.2 Å². The van der Waals surface area contributed by atoms with Crippen molar-refractivity contribution >= 4 is 17.4 Å². The molecule has 0 aliphatic carbocycles. The molecule has 6 heteroatoms. The van der Waals surface area contributed by atoms with Crippen LogP contribution >= 0.6 is 0 Å². The molecule has 128 valence electrons. The molecule has 1 aromatic heterocycles. The number of carbonyl (C=O) groups is 1. The number of nitrogens with zero attached hydrogens (tertiary/aromatic N) is 3. The standard InChI is InChI=1S/C18H24N4O2/c1-4-11-22(12-5-2)18(23)16-9-10-17(21-20-16)19-14-7-6-8-15(13-14)24-3/h6-10,13H,4-5,11-12H2,1-3H3,(H,19,21). The Morgan fingerprint density at radius 3 is 2.46 bits per heavy atom. The second-order valence-corrected chi connectivity index (χ2v) is 5.45. The van der Waals surface area contributed by atoms with Gasteiger partial charge in [0.05, 0.1) is 7.11 Å². The van der Waals surface area contributed by atoms with Crippen molar-refractivity contribution in [3.05, 3.63) is 42.1 Å². The minimum atomic E-state index is -0.0702. The Hall–Kier alpha value is -2.63. The van der Waals surface area contributed by atoms with Gasteiger partial charge >= 0.3 is 0 Å². The lowest BCUT2D eigenvalue weighted by atomic mass is 10.2. The Kier molecular flexibility index (Phi) is 6.54. The van der Waals surface area contributed by atoms with Crippen LogP contribution in [0.3, 0.4) is 0 Å². The van der Waals surface area contributed by atoms with Crippen LogP contribution in [0.1, 0.15) is 37.2 Å². The fourth-order valence-corrected chi connectivity index (χ4v) is 2.38. The number of rotatable bonds is 8. The van der Waals surface area contributed by atoms with E-state index in [0.29, 0.717) is 11.5 Å². The van der Waals surface area contributed by atoms with Crippen LogP contribution in [0.2, 0.25) is 0 Å². The van der Waals surface area contributed by atoms with E-state index in [1.54, 1.807) is 19.2 Å². The monoisotopic (exact) mass is 328 g/mol. The van der Waals surface area contributed by atoms with E-state index in [4.69, 9.17) is 4.74 Å². The zero-order chi connectivity index (χ0) is 17.4. The van der Waals surface area contributed by atoms with Gasteiger partial charge in [-0.25, -0.2) is 0 Å². The third-order valence-corrected chi connectivity index (χ3v) is 3.50. The SMILES string of the molecule is CCCN(CCC)C(=O)c1ccc(Nc2cccc(OC)c2)nn1.